The standard InChI is InChI=1S/C44H27N7/c1-2-11-28(12-3-1)41-35-16-6-9-19-38(35)51-44(46-41)47-43(48-51)29-20-22-30(23-21-29)50-36-17-7-4-14-32(36)33-24-25-39-40(42(33)50)34-15-5-8-18-37(34)49(39)31-13-10-26-45-27-31/h1-27H. The molecular formula is C44H27N7. The predicted molar refractivity (Wildman–Crippen MR) is 206 cm³/mol. The highest BCUT2D eigenvalue weighted by molar-refractivity contribution is 6.26. The molecule has 0 aliphatic carbocycles. The Kier molecular flexibility index (Phi) is 5.83. The first kappa shape index (κ1) is 27.8. The molecule has 11 rings (SSSR count). The van der Waals surface area contributed by atoms with Gasteiger partial charge >= 0.3 is 0 Å². The summed E-state index contributed by atoms with van der Waals surface area (Å²) in [6.07, 6.45) is 3.75. The van der Waals surface area contributed by atoms with E-state index in [1.807, 2.05) is 53.3 Å². The fourth-order valence-corrected chi connectivity index (χ4v) is 7.80. The van der Waals surface area contributed by atoms with E-state index >= 15 is 0 Å². The largest absolute Gasteiger partial charge is 0.309 e. The first-order chi connectivity index (χ1) is 25.3. The lowest BCUT2D eigenvalue weighted by molar-refractivity contribution is 0.988. The van der Waals surface area contributed by atoms with Gasteiger partial charge in [0.05, 0.1) is 45.2 Å². The first-order valence-electron chi connectivity index (χ1n) is 17.0. The Morgan fingerprint density at radius 1 is 0.431 bits per heavy atom. The molecule has 0 unspecified atom stereocenters. The predicted octanol–water partition coefficient (Wildman–Crippen LogP) is 10.2. The van der Waals surface area contributed by atoms with E-state index in [0.717, 1.165) is 55.6 Å². The van der Waals surface area contributed by atoms with Crippen LogP contribution in [-0.2, 0) is 0 Å². The van der Waals surface area contributed by atoms with E-state index in [-0.39, 0.29) is 0 Å². The van der Waals surface area contributed by atoms with E-state index in [2.05, 4.69) is 129 Å². The summed E-state index contributed by atoms with van der Waals surface area (Å²) in [6, 6.07) is 53.0. The lowest BCUT2D eigenvalue weighted by atomic mass is 10.1. The van der Waals surface area contributed by atoms with Crippen molar-refractivity contribution in [1.29, 1.82) is 0 Å². The van der Waals surface area contributed by atoms with E-state index in [1.165, 1.54) is 27.1 Å². The minimum atomic E-state index is 0.571. The molecule has 11 aromatic rings. The molecule has 0 saturated heterocycles. The van der Waals surface area contributed by atoms with Crippen molar-refractivity contribution in [2.75, 3.05) is 0 Å². The zero-order chi connectivity index (χ0) is 33.5. The Balaban J connectivity index is 1.12. The van der Waals surface area contributed by atoms with Crippen molar-refractivity contribution in [3.8, 4) is 34.0 Å². The topological polar surface area (TPSA) is 65.8 Å². The highest BCUT2D eigenvalue weighted by Gasteiger charge is 2.21. The molecule has 0 N–H and O–H groups in total. The molecule has 7 nitrogen and oxygen atoms in total. The molecule has 0 saturated carbocycles. The van der Waals surface area contributed by atoms with Gasteiger partial charge in [0.1, 0.15) is 0 Å². The van der Waals surface area contributed by atoms with Crippen molar-refractivity contribution < 1.29 is 0 Å². The van der Waals surface area contributed by atoms with Gasteiger partial charge in [-0.2, -0.15) is 9.50 Å². The molecular weight excluding hydrogens is 627 g/mol. The van der Waals surface area contributed by atoms with Crippen LogP contribution in [0, 0.1) is 0 Å². The van der Waals surface area contributed by atoms with Gasteiger partial charge in [-0.3, -0.25) is 4.98 Å². The maximum absolute atomic E-state index is 5.00. The summed E-state index contributed by atoms with van der Waals surface area (Å²) in [6.45, 7) is 0. The maximum atomic E-state index is 5.00. The van der Waals surface area contributed by atoms with Crippen molar-refractivity contribution in [3.05, 3.63) is 164 Å². The summed E-state index contributed by atoms with van der Waals surface area (Å²) in [5.41, 5.74) is 10.6. The Morgan fingerprint density at radius 3 is 1.92 bits per heavy atom. The number of benzene rings is 6. The number of para-hydroxylation sites is 3. The molecule has 0 aliphatic rings. The normalized spacial score (nSPS) is 11.9. The summed E-state index contributed by atoms with van der Waals surface area (Å²) in [7, 11) is 0. The van der Waals surface area contributed by atoms with Crippen molar-refractivity contribution in [1.82, 2.24) is 33.7 Å². The lowest BCUT2D eigenvalue weighted by Gasteiger charge is -2.10. The molecule has 5 heterocycles. The SMILES string of the molecule is c1ccc(-c2nc3nc(-c4ccc(-n5c6ccccc6c6ccc7c(c8ccccc8n7-c7cccnc7)c65)cc4)nn3c3ccccc23)cc1. The molecule has 5 aromatic heterocycles. The molecule has 6 aromatic carbocycles. The fourth-order valence-electron chi connectivity index (χ4n) is 7.80. The van der Waals surface area contributed by atoms with Crippen molar-refractivity contribution >= 4 is 60.3 Å². The first-order valence-corrected chi connectivity index (χ1v) is 17.0. The third kappa shape index (κ3) is 4.06. The molecule has 7 heteroatoms. The third-order valence-corrected chi connectivity index (χ3v) is 9.99. The zero-order valence-electron chi connectivity index (χ0n) is 27.2. The number of hydrogen-bond acceptors (Lipinski definition) is 4. The number of rotatable bonds is 4. The molecule has 0 fully saturated rings. The van der Waals surface area contributed by atoms with Crippen molar-refractivity contribution in [2.24, 2.45) is 0 Å². The minimum absolute atomic E-state index is 0.571. The van der Waals surface area contributed by atoms with E-state index in [9.17, 15) is 0 Å². The van der Waals surface area contributed by atoms with Gasteiger partial charge in [0.25, 0.3) is 5.78 Å². The van der Waals surface area contributed by atoms with Crippen LogP contribution in [0.25, 0.3) is 94.3 Å². The lowest BCUT2D eigenvalue weighted by Crippen LogP contribution is -1.97. The van der Waals surface area contributed by atoms with Crippen LogP contribution in [0.3, 0.4) is 0 Å². The highest BCUT2D eigenvalue weighted by atomic mass is 15.3. The van der Waals surface area contributed by atoms with Crippen LogP contribution in [-0.4, -0.2) is 33.7 Å². The van der Waals surface area contributed by atoms with Gasteiger partial charge in [-0.15, -0.1) is 5.10 Å². The molecule has 0 atom stereocenters. The van der Waals surface area contributed by atoms with Gasteiger partial charge in [-0.25, -0.2) is 4.98 Å². The Bertz CT molecular complexity index is 3120. The summed E-state index contributed by atoms with van der Waals surface area (Å²) < 4.78 is 6.57. The van der Waals surface area contributed by atoms with E-state index < -0.39 is 0 Å². The van der Waals surface area contributed by atoms with Gasteiger partial charge < -0.3 is 9.13 Å². The smallest absolute Gasteiger partial charge is 0.253 e. The number of hydrogen-bond donors (Lipinski definition) is 0. The molecule has 51 heavy (non-hydrogen) atoms. The van der Waals surface area contributed by atoms with Crippen LogP contribution >= 0.6 is 0 Å². The monoisotopic (exact) mass is 653 g/mol. The fraction of sp³-hybridized carbons (Fsp3) is 0. The summed E-state index contributed by atoms with van der Waals surface area (Å²) >= 11 is 0. The van der Waals surface area contributed by atoms with Gasteiger partial charge in [0.2, 0.25) is 0 Å². The van der Waals surface area contributed by atoms with E-state index in [0.29, 0.717) is 11.6 Å². The number of aromatic nitrogens is 7. The molecule has 0 amide bonds. The summed E-state index contributed by atoms with van der Waals surface area (Å²) in [4.78, 5) is 14.4. The second-order valence-electron chi connectivity index (χ2n) is 12.8. The van der Waals surface area contributed by atoms with Crippen LogP contribution in [0.5, 0.6) is 0 Å². The van der Waals surface area contributed by atoms with Gasteiger partial charge in [-0.1, -0.05) is 91.0 Å². The van der Waals surface area contributed by atoms with Crippen LogP contribution in [0.15, 0.2) is 164 Å². The zero-order valence-corrected chi connectivity index (χ0v) is 27.2. The highest BCUT2D eigenvalue weighted by Crippen LogP contribution is 2.42. The average molecular weight is 654 g/mol. The second kappa shape index (κ2) is 10.7. The average Bonchev–Trinajstić information content (AvgIpc) is 3.89. The molecule has 0 radical (unpaired) electrons. The molecule has 0 bridgehead atoms. The van der Waals surface area contributed by atoms with Gasteiger partial charge in [0.15, 0.2) is 5.82 Å². The number of pyridine rings is 1. The van der Waals surface area contributed by atoms with Crippen LogP contribution in [0.1, 0.15) is 0 Å². The summed E-state index contributed by atoms with van der Waals surface area (Å²) in [5, 5.41) is 10.8. The maximum Gasteiger partial charge on any atom is 0.253 e. The summed E-state index contributed by atoms with van der Waals surface area (Å²) in [5.74, 6) is 1.20. The third-order valence-electron chi connectivity index (χ3n) is 9.99. The van der Waals surface area contributed by atoms with Crippen LogP contribution < -0.4 is 0 Å². The minimum Gasteiger partial charge on any atom is -0.309 e. The van der Waals surface area contributed by atoms with Crippen LogP contribution in [0.4, 0.5) is 0 Å². The van der Waals surface area contributed by atoms with Gasteiger partial charge in [0, 0.05) is 49.9 Å². The Hall–Kier alpha value is -7.12. The second-order valence-corrected chi connectivity index (χ2v) is 12.8. The number of nitrogens with zero attached hydrogens (tertiary/aromatic N) is 7. The molecule has 0 spiro atoms. The Morgan fingerprint density at radius 2 is 1.14 bits per heavy atom. The number of fused-ring (bicyclic) bond motifs is 10. The molecule has 238 valence electrons. The van der Waals surface area contributed by atoms with Crippen molar-refractivity contribution in [2.45, 2.75) is 0 Å². The van der Waals surface area contributed by atoms with Gasteiger partial charge in [-0.05, 0) is 60.7 Å². The molecule has 0 aliphatic heterocycles. The van der Waals surface area contributed by atoms with E-state index in [4.69, 9.17) is 15.1 Å². The quantitative estimate of drug-likeness (QED) is 0.190. The van der Waals surface area contributed by atoms with Crippen molar-refractivity contribution in [3.63, 3.8) is 0 Å². The van der Waals surface area contributed by atoms with Crippen LogP contribution in [0.2, 0.25) is 0 Å². The van der Waals surface area contributed by atoms with E-state index in [1.54, 1.807) is 0 Å². The Labute approximate surface area is 291 Å².